The zero-order valence-electron chi connectivity index (χ0n) is 61.4. The Kier molecular flexibility index (Phi) is 18.7. The van der Waals surface area contributed by atoms with E-state index in [-0.39, 0.29) is 49.3 Å². The van der Waals surface area contributed by atoms with Gasteiger partial charge in [0.15, 0.2) is 0 Å². The van der Waals surface area contributed by atoms with Gasteiger partial charge in [-0.1, -0.05) is 18.2 Å². The highest BCUT2D eigenvalue weighted by atomic mass is 19.3. The van der Waals surface area contributed by atoms with Gasteiger partial charge in [0.2, 0.25) is 41.3 Å². The molecule has 3 aliphatic carbocycles. The number of pyridine rings is 6. The van der Waals surface area contributed by atoms with E-state index in [2.05, 4.69) is 51.0 Å². The molecule has 3 aromatic carbocycles. The van der Waals surface area contributed by atoms with Crippen LogP contribution in [-0.4, -0.2) is 199 Å². The third kappa shape index (κ3) is 13.0. The Morgan fingerprint density at radius 1 is 0.500 bits per heavy atom. The molecule has 9 aliphatic rings. The van der Waals surface area contributed by atoms with Crippen LogP contribution < -0.4 is 28.9 Å². The lowest BCUT2D eigenvalue weighted by molar-refractivity contribution is -0.128. The van der Waals surface area contributed by atoms with Crippen LogP contribution in [0.15, 0.2) is 128 Å². The lowest BCUT2D eigenvalue weighted by atomic mass is 9.68. The van der Waals surface area contributed by atoms with E-state index in [1.807, 2.05) is 108 Å². The lowest BCUT2D eigenvalue weighted by Gasteiger charge is -2.36. The van der Waals surface area contributed by atoms with Gasteiger partial charge >= 0.3 is 0 Å². The van der Waals surface area contributed by atoms with Crippen molar-refractivity contribution in [2.45, 2.75) is 137 Å². The number of nitrogens with zero attached hydrogens (tertiary/aromatic N) is 12. The quantitative estimate of drug-likeness (QED) is 0.0490. The first-order valence-electron chi connectivity index (χ1n) is 39.0. The number of amides is 3. The van der Waals surface area contributed by atoms with Gasteiger partial charge in [-0.25, -0.2) is 28.1 Å². The minimum absolute atomic E-state index is 0.0655. The highest BCUT2D eigenvalue weighted by molar-refractivity contribution is 6.15. The average molecular weight is 1470 g/mol. The Morgan fingerprint density at radius 3 is 1.46 bits per heavy atom. The molecule has 20 nitrogen and oxygen atoms in total. The number of likely N-dealkylation sites (N-methyl/N-ethyl adjacent to an activating group) is 2. The van der Waals surface area contributed by atoms with Crippen LogP contribution in [0, 0.1) is 5.92 Å². The van der Waals surface area contributed by atoms with E-state index < -0.39 is 28.3 Å². The molecule has 3 saturated carbocycles. The fourth-order valence-electron chi connectivity index (χ4n) is 18.8. The van der Waals surface area contributed by atoms with Gasteiger partial charge in [0, 0.05) is 197 Å². The summed E-state index contributed by atoms with van der Waals surface area (Å²) in [6.07, 6.45) is 18.3. The molecule has 0 radical (unpaired) electrons. The molecular formula is C85H91F3N12O8. The second kappa shape index (κ2) is 28.6. The Bertz CT molecular complexity index is 4910. The molecule has 108 heavy (non-hydrogen) atoms. The molecule has 23 heteroatoms. The first kappa shape index (κ1) is 70.4. The SMILES string of the molecule is CN(CCCOc1ccc(-c2ccc3ncc4c(c3c2)C2(CCC(F)(F)CC2)C(=O)N4CC2CC2N(CCCOc2ccc(-c3ccc4ncc5c(c4c3)C3(CCOCC3)C(=O)N5C)cn2)C2CC2)cn1)CCN1C(=O)C2(CCOCC2)c2c1cnc1ccc(-c3ccc(OCCCN4CCC(F)C4)nc3)cc21. The van der Waals surface area contributed by atoms with Crippen molar-refractivity contribution >= 4 is 67.5 Å². The van der Waals surface area contributed by atoms with Gasteiger partial charge in [-0.15, -0.1) is 0 Å². The van der Waals surface area contributed by atoms with E-state index in [4.69, 9.17) is 48.6 Å². The monoisotopic (exact) mass is 1460 g/mol. The van der Waals surface area contributed by atoms with Crippen LogP contribution >= 0.6 is 0 Å². The van der Waals surface area contributed by atoms with E-state index in [9.17, 15) is 14.0 Å². The van der Waals surface area contributed by atoms with Crippen molar-refractivity contribution in [2.75, 3.05) is 127 Å². The van der Waals surface area contributed by atoms with Gasteiger partial charge in [-0.3, -0.25) is 34.2 Å². The van der Waals surface area contributed by atoms with E-state index in [1.54, 1.807) is 17.3 Å². The second-order valence-corrected chi connectivity index (χ2v) is 31.6. The van der Waals surface area contributed by atoms with Crippen LogP contribution in [0.4, 0.5) is 30.2 Å². The number of carbonyl (C=O) groups is 3. The molecule has 0 bridgehead atoms. The van der Waals surface area contributed by atoms with Crippen LogP contribution in [0.2, 0.25) is 0 Å². The first-order chi connectivity index (χ1) is 52.6. The van der Waals surface area contributed by atoms with E-state index >= 15 is 13.6 Å². The zero-order chi connectivity index (χ0) is 73.5. The third-order valence-corrected chi connectivity index (χ3v) is 25.0. The summed E-state index contributed by atoms with van der Waals surface area (Å²) >= 11 is 0. The summed E-state index contributed by atoms with van der Waals surface area (Å²) in [5, 5.41) is 2.75. The molecule has 3 amide bonds. The van der Waals surface area contributed by atoms with Crippen molar-refractivity contribution in [2.24, 2.45) is 5.92 Å². The molecule has 9 aromatic rings. The summed E-state index contributed by atoms with van der Waals surface area (Å²) in [5.74, 6) is -0.914. The summed E-state index contributed by atoms with van der Waals surface area (Å²) in [6.45, 7) is 8.83. The van der Waals surface area contributed by atoms with Gasteiger partial charge in [0.1, 0.15) is 6.17 Å². The van der Waals surface area contributed by atoms with Crippen molar-refractivity contribution < 1.29 is 51.2 Å². The van der Waals surface area contributed by atoms with Crippen molar-refractivity contribution in [3.05, 3.63) is 145 Å². The topological polar surface area (TPSA) is 194 Å². The minimum Gasteiger partial charge on any atom is -0.478 e. The largest absolute Gasteiger partial charge is 0.478 e. The molecule has 3 spiro atoms. The van der Waals surface area contributed by atoms with Gasteiger partial charge in [-0.2, -0.15) is 0 Å². The molecule has 6 fully saturated rings. The molecule has 18 rings (SSSR count). The van der Waals surface area contributed by atoms with E-state index in [0.717, 1.165) is 159 Å². The Labute approximate surface area is 626 Å². The highest BCUT2D eigenvalue weighted by Crippen LogP contribution is 2.58. The number of likely N-dealkylation sites (tertiary alicyclic amines) is 1. The molecule has 3 atom stereocenters. The van der Waals surface area contributed by atoms with Crippen LogP contribution in [0.25, 0.3) is 66.1 Å². The molecule has 3 unspecified atom stereocenters. The van der Waals surface area contributed by atoms with Crippen molar-refractivity contribution in [3.63, 3.8) is 0 Å². The predicted octanol–water partition coefficient (Wildman–Crippen LogP) is 13.3. The van der Waals surface area contributed by atoms with Gasteiger partial charge in [-0.05, 0) is 168 Å². The van der Waals surface area contributed by atoms with Crippen LogP contribution in [0.1, 0.15) is 113 Å². The summed E-state index contributed by atoms with van der Waals surface area (Å²) < 4.78 is 74.1. The summed E-state index contributed by atoms with van der Waals surface area (Å²) in [5.41, 5.74) is 10.9. The third-order valence-electron chi connectivity index (χ3n) is 25.0. The summed E-state index contributed by atoms with van der Waals surface area (Å²) in [4.78, 5) is 85.1. The number of hydrogen-bond donors (Lipinski definition) is 0. The number of alkyl halides is 3. The zero-order valence-corrected chi connectivity index (χ0v) is 61.4. The average Bonchev–Trinajstić information content (AvgIpc) is 1.55. The van der Waals surface area contributed by atoms with Crippen molar-refractivity contribution in [1.29, 1.82) is 0 Å². The Morgan fingerprint density at radius 2 is 0.963 bits per heavy atom. The van der Waals surface area contributed by atoms with Gasteiger partial charge < -0.3 is 48.2 Å². The van der Waals surface area contributed by atoms with Crippen molar-refractivity contribution in [1.82, 2.24) is 44.6 Å². The van der Waals surface area contributed by atoms with Crippen LogP contribution in [0.3, 0.4) is 0 Å². The molecule has 6 aliphatic heterocycles. The Balaban J connectivity index is 0.490. The standard InChI is InChI=1S/C85H91F3N12O8/c1-95(33-34-99-71-50-90-67-15-7-55(43-64(67)77(71)84(80(99)102)27-40-105-41-28-84)58-10-18-74(93-48-58)107-36-4-30-97-32-20-61(86)53-97)29-3-35-106-73-17-9-59(47-92-73)56-8-16-68-65(44-56)78-72(51-91-68)100(81(103)82(78)21-23-85(87,88)24-22-82)52-60-45-69(60)98(62-12-13-62)31-5-37-108-75-19-11-57(46-94-75)54-6-14-66-63(42-54)76-70(49-89-66)96(2)79(101)83(76)25-38-104-39-26-83/h6-11,14-19,42-44,46-51,60-62,69H,3-5,12-13,20-41,45,52-53H2,1-2H3. The minimum atomic E-state index is -2.84. The van der Waals surface area contributed by atoms with Crippen LogP contribution in [0.5, 0.6) is 17.6 Å². The molecule has 0 N–H and O–H groups in total. The first-order valence-corrected chi connectivity index (χ1v) is 39.0. The van der Waals surface area contributed by atoms with E-state index in [0.29, 0.717) is 140 Å². The Hall–Kier alpha value is -9.26. The van der Waals surface area contributed by atoms with Crippen LogP contribution in [-0.2, 0) is 40.1 Å². The number of aromatic nitrogens is 6. The highest BCUT2D eigenvalue weighted by Gasteiger charge is 2.59. The molecule has 560 valence electrons. The number of ether oxygens (including phenoxy) is 5. The number of hydrogen-bond acceptors (Lipinski definition) is 17. The molecular weight excluding hydrogens is 1370 g/mol. The number of rotatable bonds is 25. The fraction of sp³-hybridized carbons (Fsp3) is 0.471. The maximum absolute atomic E-state index is 15.2. The predicted molar refractivity (Wildman–Crippen MR) is 407 cm³/mol. The number of fused-ring (bicyclic) bond motifs is 12. The molecule has 6 aromatic heterocycles. The number of benzene rings is 3. The maximum Gasteiger partial charge on any atom is 0.248 e. The summed E-state index contributed by atoms with van der Waals surface area (Å²) in [7, 11) is 3.90. The maximum atomic E-state index is 15.2. The lowest BCUT2D eigenvalue weighted by Crippen LogP contribution is -2.46. The number of halogens is 3. The molecule has 12 heterocycles. The molecule has 3 saturated heterocycles. The fourth-order valence-corrected chi connectivity index (χ4v) is 18.8. The smallest absolute Gasteiger partial charge is 0.248 e. The number of anilines is 3. The van der Waals surface area contributed by atoms with Crippen molar-refractivity contribution in [3.8, 4) is 51.0 Å². The van der Waals surface area contributed by atoms with Gasteiger partial charge in [0.25, 0.3) is 0 Å². The number of carbonyl (C=O) groups excluding carboxylic acids is 3. The van der Waals surface area contributed by atoms with Gasteiger partial charge in [0.05, 0.1) is 88.3 Å². The second-order valence-electron chi connectivity index (χ2n) is 31.6. The van der Waals surface area contributed by atoms with E-state index in [1.165, 1.54) is 0 Å². The normalized spacial score (nSPS) is 21.8. The summed E-state index contributed by atoms with van der Waals surface area (Å²) in [6, 6.07) is 30.9.